The van der Waals surface area contributed by atoms with Crippen LogP contribution in [0.25, 0.3) is 0 Å². The fourth-order valence-corrected chi connectivity index (χ4v) is 3.28. The maximum Gasteiger partial charge on any atom is 0.313 e. The molecule has 0 radical (unpaired) electrons. The number of allylic oxidation sites excluding steroid dienone is 1. The monoisotopic (exact) mass is 450 g/mol. The van der Waals surface area contributed by atoms with Gasteiger partial charge in [-0.1, -0.05) is 40.7 Å². The molecule has 0 N–H and O–H groups in total. The highest BCUT2D eigenvalue weighted by molar-refractivity contribution is 7.51. The van der Waals surface area contributed by atoms with Gasteiger partial charge in [0.25, 0.3) is 0 Å². The summed E-state index contributed by atoms with van der Waals surface area (Å²) in [5, 5.41) is 0. The first-order chi connectivity index (χ1) is 14.0. The summed E-state index contributed by atoms with van der Waals surface area (Å²) in [6.07, 6.45) is 2.84. The van der Waals surface area contributed by atoms with Crippen LogP contribution in [0.15, 0.2) is 12.3 Å². The van der Waals surface area contributed by atoms with E-state index in [0.717, 1.165) is 0 Å². The summed E-state index contributed by atoms with van der Waals surface area (Å²) < 4.78 is 21.2. The van der Waals surface area contributed by atoms with E-state index in [2.05, 4.69) is 20.4 Å². The van der Waals surface area contributed by atoms with Crippen LogP contribution in [0.5, 0.6) is 0 Å². The second-order valence-corrected chi connectivity index (χ2v) is 9.27. The van der Waals surface area contributed by atoms with Crippen LogP contribution in [0, 0.1) is 11.3 Å². The molecule has 0 aliphatic rings. The van der Waals surface area contributed by atoms with E-state index in [9.17, 15) is 9.59 Å². The van der Waals surface area contributed by atoms with E-state index >= 15 is 0 Å². The van der Waals surface area contributed by atoms with Crippen molar-refractivity contribution in [2.24, 2.45) is 11.3 Å². The number of carbonyl (C=O) groups is 2. The summed E-state index contributed by atoms with van der Waals surface area (Å²) in [5.74, 6) is 0.126. The third-order valence-corrected chi connectivity index (χ3v) is 4.84. The number of esters is 2. The summed E-state index contributed by atoms with van der Waals surface area (Å²) in [6.45, 7) is 24.1. The van der Waals surface area contributed by atoms with Crippen LogP contribution in [0.1, 0.15) is 81.6 Å². The van der Waals surface area contributed by atoms with Crippen molar-refractivity contribution in [2.45, 2.75) is 81.6 Å². The van der Waals surface area contributed by atoms with Crippen molar-refractivity contribution in [1.29, 1.82) is 0 Å². The molecule has 0 saturated heterocycles. The lowest BCUT2D eigenvalue weighted by molar-refractivity contribution is -0.159. The third kappa shape index (κ3) is 20.2. The second-order valence-electron chi connectivity index (χ2n) is 7.39. The Morgan fingerprint density at radius 3 is 1.90 bits per heavy atom. The Morgan fingerprint density at radius 1 is 0.967 bits per heavy atom. The highest BCUT2D eigenvalue weighted by Gasteiger charge is 2.24. The molecule has 7 heteroatoms. The highest BCUT2D eigenvalue weighted by Crippen LogP contribution is 2.38. The van der Waals surface area contributed by atoms with E-state index in [1.54, 1.807) is 27.7 Å². The minimum atomic E-state index is -0.839. The van der Waals surface area contributed by atoms with E-state index in [1.807, 2.05) is 27.4 Å². The zero-order valence-corrected chi connectivity index (χ0v) is 22.0. The minimum absolute atomic E-state index is 0.00113. The van der Waals surface area contributed by atoms with Crippen LogP contribution in [0.2, 0.25) is 0 Å². The zero-order valence-electron chi connectivity index (χ0n) is 21.1. The molecular formula is C23H47O6P. The quantitative estimate of drug-likeness (QED) is 0.146. The van der Waals surface area contributed by atoms with Gasteiger partial charge in [-0.15, -0.1) is 0 Å². The average molecular weight is 451 g/mol. The summed E-state index contributed by atoms with van der Waals surface area (Å²) >= 11 is 0. The lowest BCUT2D eigenvalue weighted by Gasteiger charge is -2.23. The van der Waals surface area contributed by atoms with Gasteiger partial charge in [-0.2, -0.15) is 0 Å². The van der Waals surface area contributed by atoms with Gasteiger partial charge in [-0.25, -0.2) is 0 Å². The van der Waals surface area contributed by atoms with E-state index in [-0.39, 0.29) is 24.6 Å². The van der Waals surface area contributed by atoms with Gasteiger partial charge >= 0.3 is 11.9 Å². The molecule has 6 nitrogen and oxygen atoms in total. The fourth-order valence-electron chi connectivity index (χ4n) is 1.93. The number of ether oxygens (including phenoxy) is 3. The van der Waals surface area contributed by atoms with Gasteiger partial charge in [-0.3, -0.25) is 9.59 Å². The van der Waals surface area contributed by atoms with Gasteiger partial charge in [0, 0.05) is 26.6 Å². The predicted molar refractivity (Wildman–Crippen MR) is 127 cm³/mol. The van der Waals surface area contributed by atoms with Crippen LogP contribution < -0.4 is 0 Å². The minimum Gasteiger partial charge on any atom is -0.499 e. The van der Waals surface area contributed by atoms with Gasteiger partial charge in [0.1, 0.15) is 0 Å². The number of hydrogen-bond acceptors (Lipinski definition) is 6. The van der Waals surface area contributed by atoms with Crippen LogP contribution in [0.4, 0.5) is 0 Å². The van der Waals surface area contributed by atoms with E-state index in [0.29, 0.717) is 38.0 Å². The topological polar surface area (TPSA) is 71.1 Å². The van der Waals surface area contributed by atoms with E-state index in [1.165, 1.54) is 6.42 Å². The van der Waals surface area contributed by atoms with Crippen LogP contribution in [-0.4, -0.2) is 44.8 Å². The molecule has 180 valence electrons. The average Bonchev–Trinajstić information content (AvgIpc) is 2.66. The van der Waals surface area contributed by atoms with Crippen molar-refractivity contribution in [3.8, 4) is 0 Å². The van der Waals surface area contributed by atoms with Crippen molar-refractivity contribution in [3.05, 3.63) is 12.3 Å². The summed E-state index contributed by atoms with van der Waals surface area (Å²) in [6, 6.07) is 0. The molecule has 0 bridgehead atoms. The van der Waals surface area contributed by atoms with Crippen molar-refractivity contribution in [1.82, 2.24) is 0 Å². The zero-order chi connectivity index (χ0) is 24.2. The first kappa shape index (κ1) is 33.5. The smallest absolute Gasteiger partial charge is 0.313 e. The lowest BCUT2D eigenvalue weighted by Crippen LogP contribution is -2.23. The van der Waals surface area contributed by atoms with Crippen molar-refractivity contribution >= 4 is 20.1 Å². The third-order valence-electron chi connectivity index (χ3n) is 3.34. The van der Waals surface area contributed by atoms with Crippen LogP contribution in [0.3, 0.4) is 0 Å². The SMILES string of the molecule is C=C(OCC)C(CCC(=O)OCC)CP(C)OCOC(=O)C(C)(C)C.CC.CCC. The maximum atomic E-state index is 11.7. The predicted octanol–water partition coefficient (Wildman–Crippen LogP) is 6.53. The Morgan fingerprint density at radius 2 is 1.47 bits per heavy atom. The first-order valence-electron chi connectivity index (χ1n) is 11.0. The Kier molecular flexibility index (Phi) is 23.6. The number of rotatable bonds is 12. The molecule has 0 aromatic carbocycles. The molecule has 0 heterocycles. The molecule has 0 aromatic rings. The van der Waals surface area contributed by atoms with Gasteiger partial charge in [0.2, 0.25) is 0 Å². The normalized spacial score (nSPS) is 12.2. The maximum absolute atomic E-state index is 11.7. The molecule has 0 aliphatic heterocycles. The molecule has 30 heavy (non-hydrogen) atoms. The second kappa shape index (κ2) is 21.1. The molecular weight excluding hydrogens is 403 g/mol. The number of hydrogen-bond donors (Lipinski definition) is 0. The van der Waals surface area contributed by atoms with Crippen LogP contribution >= 0.6 is 8.15 Å². The Hall–Kier alpha value is -1.13. The molecule has 0 spiro atoms. The van der Waals surface area contributed by atoms with E-state index < -0.39 is 13.6 Å². The van der Waals surface area contributed by atoms with Crippen molar-refractivity contribution in [2.75, 3.05) is 32.8 Å². The highest BCUT2D eigenvalue weighted by atomic mass is 31.1. The Balaban J connectivity index is -0.00000133. The molecule has 0 aromatic heterocycles. The van der Waals surface area contributed by atoms with E-state index in [4.69, 9.17) is 18.7 Å². The summed E-state index contributed by atoms with van der Waals surface area (Å²) in [5.41, 5.74) is -0.550. The summed E-state index contributed by atoms with van der Waals surface area (Å²) in [4.78, 5) is 23.3. The van der Waals surface area contributed by atoms with Gasteiger partial charge in [-0.05, 0) is 47.7 Å². The van der Waals surface area contributed by atoms with Gasteiger partial charge in [0.15, 0.2) is 6.79 Å². The number of carbonyl (C=O) groups excluding carboxylic acids is 2. The molecule has 0 amide bonds. The Bertz CT molecular complexity index is 445. The molecule has 0 rings (SSSR count). The van der Waals surface area contributed by atoms with Gasteiger partial charge < -0.3 is 18.7 Å². The Labute approximate surface area is 186 Å². The first-order valence-corrected chi connectivity index (χ1v) is 12.9. The molecule has 0 saturated carbocycles. The lowest BCUT2D eigenvalue weighted by atomic mass is 9.98. The molecule has 2 atom stereocenters. The molecule has 0 fully saturated rings. The van der Waals surface area contributed by atoms with Crippen molar-refractivity contribution < 1.29 is 28.3 Å². The van der Waals surface area contributed by atoms with Crippen molar-refractivity contribution in [3.63, 3.8) is 0 Å². The molecule has 0 aliphatic carbocycles. The summed E-state index contributed by atoms with van der Waals surface area (Å²) in [7, 11) is -0.839. The van der Waals surface area contributed by atoms with Crippen LogP contribution in [-0.2, 0) is 28.3 Å². The van der Waals surface area contributed by atoms with Gasteiger partial charge in [0.05, 0.1) is 24.4 Å². The molecule has 2 unspecified atom stereocenters. The standard InChI is InChI=1S/C18H33O6P.C3H8.C2H6/c1-8-21-14(3)15(10-11-16(19)22-9-2)12-25(7)24-13-23-17(20)18(4,5)6;1-3-2;1-2/h15H,3,8-13H2,1-2,4-7H3;3H2,1-2H3;1-2H3. The largest absolute Gasteiger partial charge is 0.499 e. The fraction of sp³-hybridized carbons (Fsp3) is 0.826.